The molecule has 0 aliphatic carbocycles. The fraction of sp³-hybridized carbons (Fsp3) is 0.462. The maximum atomic E-state index is 8.84. The third-order valence-corrected chi connectivity index (χ3v) is 2.55. The van der Waals surface area contributed by atoms with Crippen LogP contribution in [-0.2, 0) is 0 Å². The van der Waals surface area contributed by atoms with Gasteiger partial charge in [0.15, 0.2) is 6.10 Å². The molecule has 1 aromatic carbocycles. The van der Waals surface area contributed by atoms with Gasteiger partial charge in [-0.3, -0.25) is 0 Å². The zero-order valence-electron chi connectivity index (χ0n) is 9.79. The van der Waals surface area contributed by atoms with Crippen LogP contribution >= 0.6 is 0 Å². The number of rotatable bonds is 3. The van der Waals surface area contributed by atoms with Crippen molar-refractivity contribution in [3.63, 3.8) is 0 Å². The van der Waals surface area contributed by atoms with E-state index in [9.17, 15) is 0 Å². The molecule has 0 aliphatic heterocycles. The standard InChI is InChI=1S/C13H17NO/c1-5-12(8-14)15-13-7-9(2)6-10(3)11(13)4/h6-7,12H,5H2,1-4H3. The Bertz CT molecular complexity index is 390. The average Bonchev–Trinajstić information content (AvgIpc) is 2.21. The molecule has 2 heteroatoms. The zero-order chi connectivity index (χ0) is 11.4. The summed E-state index contributed by atoms with van der Waals surface area (Å²) in [6, 6.07) is 6.25. The minimum Gasteiger partial charge on any atom is -0.475 e. The van der Waals surface area contributed by atoms with Gasteiger partial charge < -0.3 is 4.74 Å². The van der Waals surface area contributed by atoms with E-state index in [1.807, 2.05) is 26.8 Å². The summed E-state index contributed by atoms with van der Waals surface area (Å²) in [4.78, 5) is 0. The summed E-state index contributed by atoms with van der Waals surface area (Å²) in [5, 5.41) is 8.84. The fourth-order valence-electron chi connectivity index (χ4n) is 1.48. The molecule has 0 radical (unpaired) electrons. The van der Waals surface area contributed by atoms with Gasteiger partial charge in [-0.25, -0.2) is 0 Å². The second-order valence-electron chi connectivity index (χ2n) is 3.85. The first-order valence-corrected chi connectivity index (χ1v) is 5.22. The van der Waals surface area contributed by atoms with Gasteiger partial charge in [0.1, 0.15) is 11.8 Å². The largest absolute Gasteiger partial charge is 0.475 e. The molecule has 0 fully saturated rings. The molecule has 0 bridgehead atoms. The van der Waals surface area contributed by atoms with E-state index in [0.717, 1.165) is 11.3 Å². The highest BCUT2D eigenvalue weighted by molar-refractivity contribution is 5.42. The number of nitrogens with zero attached hydrogens (tertiary/aromatic N) is 1. The number of hydrogen-bond donors (Lipinski definition) is 0. The Morgan fingerprint density at radius 1 is 1.33 bits per heavy atom. The van der Waals surface area contributed by atoms with Crippen molar-refractivity contribution < 1.29 is 4.74 Å². The Kier molecular flexibility index (Phi) is 3.74. The molecule has 1 aromatic rings. The highest BCUT2D eigenvalue weighted by Gasteiger charge is 2.09. The summed E-state index contributed by atoms with van der Waals surface area (Å²) in [7, 11) is 0. The molecule has 0 heterocycles. The van der Waals surface area contributed by atoms with Crippen LogP contribution < -0.4 is 4.74 Å². The van der Waals surface area contributed by atoms with Crippen LogP contribution in [0.4, 0.5) is 0 Å². The van der Waals surface area contributed by atoms with Crippen molar-refractivity contribution in [3.8, 4) is 11.8 Å². The summed E-state index contributed by atoms with van der Waals surface area (Å²) >= 11 is 0. The van der Waals surface area contributed by atoms with E-state index in [1.165, 1.54) is 11.1 Å². The normalized spacial score (nSPS) is 11.9. The maximum Gasteiger partial charge on any atom is 0.184 e. The quantitative estimate of drug-likeness (QED) is 0.755. The van der Waals surface area contributed by atoms with Crippen LogP contribution in [0, 0.1) is 32.1 Å². The van der Waals surface area contributed by atoms with Crippen LogP contribution in [0.15, 0.2) is 12.1 Å². The lowest BCUT2D eigenvalue weighted by Gasteiger charge is -2.15. The van der Waals surface area contributed by atoms with Gasteiger partial charge >= 0.3 is 0 Å². The van der Waals surface area contributed by atoms with Crippen LogP contribution in [0.2, 0.25) is 0 Å². The molecule has 80 valence electrons. The summed E-state index contributed by atoms with van der Waals surface area (Å²) in [6.45, 7) is 8.06. The first kappa shape index (κ1) is 11.6. The van der Waals surface area contributed by atoms with Crippen molar-refractivity contribution in [2.45, 2.75) is 40.2 Å². The molecule has 0 aliphatic rings. The van der Waals surface area contributed by atoms with E-state index in [2.05, 4.69) is 19.1 Å². The first-order chi connectivity index (χ1) is 7.08. The summed E-state index contributed by atoms with van der Waals surface area (Å²) in [6.07, 6.45) is 0.369. The van der Waals surface area contributed by atoms with Gasteiger partial charge in [0.2, 0.25) is 0 Å². The van der Waals surface area contributed by atoms with E-state index < -0.39 is 0 Å². The maximum absolute atomic E-state index is 8.84. The van der Waals surface area contributed by atoms with Crippen LogP contribution in [0.3, 0.4) is 0 Å². The lowest BCUT2D eigenvalue weighted by atomic mass is 10.1. The summed E-state index contributed by atoms with van der Waals surface area (Å²) in [5.41, 5.74) is 3.49. The van der Waals surface area contributed by atoms with E-state index in [1.54, 1.807) is 0 Å². The van der Waals surface area contributed by atoms with Gasteiger partial charge in [-0.05, 0) is 49.9 Å². The second-order valence-corrected chi connectivity index (χ2v) is 3.85. The van der Waals surface area contributed by atoms with Crippen LogP contribution in [0.1, 0.15) is 30.0 Å². The Labute approximate surface area is 91.5 Å². The zero-order valence-corrected chi connectivity index (χ0v) is 9.79. The number of hydrogen-bond acceptors (Lipinski definition) is 2. The fourth-order valence-corrected chi connectivity index (χ4v) is 1.48. The molecule has 0 aromatic heterocycles. The number of aryl methyl sites for hydroxylation is 2. The molecule has 0 amide bonds. The number of benzene rings is 1. The van der Waals surface area contributed by atoms with Gasteiger partial charge in [-0.15, -0.1) is 0 Å². The number of ether oxygens (including phenoxy) is 1. The Hall–Kier alpha value is -1.49. The molecular weight excluding hydrogens is 186 g/mol. The Morgan fingerprint density at radius 2 is 2.00 bits per heavy atom. The molecule has 0 saturated heterocycles. The monoisotopic (exact) mass is 203 g/mol. The van der Waals surface area contributed by atoms with Gasteiger partial charge in [-0.2, -0.15) is 5.26 Å². The molecule has 15 heavy (non-hydrogen) atoms. The van der Waals surface area contributed by atoms with E-state index in [0.29, 0.717) is 6.42 Å². The van der Waals surface area contributed by atoms with Gasteiger partial charge in [-0.1, -0.05) is 13.0 Å². The molecule has 0 saturated carbocycles. The van der Waals surface area contributed by atoms with Gasteiger partial charge in [0.05, 0.1) is 0 Å². The summed E-state index contributed by atoms with van der Waals surface area (Å²) in [5.74, 6) is 0.834. The van der Waals surface area contributed by atoms with Gasteiger partial charge in [0.25, 0.3) is 0 Å². The van der Waals surface area contributed by atoms with E-state index in [-0.39, 0.29) is 6.10 Å². The molecule has 1 atom stereocenters. The van der Waals surface area contributed by atoms with Crippen LogP contribution in [-0.4, -0.2) is 6.10 Å². The smallest absolute Gasteiger partial charge is 0.184 e. The lowest BCUT2D eigenvalue weighted by Crippen LogP contribution is -2.13. The third-order valence-electron chi connectivity index (χ3n) is 2.55. The van der Waals surface area contributed by atoms with Crippen LogP contribution in [0.25, 0.3) is 0 Å². The Balaban J connectivity index is 3.00. The minimum atomic E-state index is -0.343. The number of nitriles is 1. The predicted octanol–water partition coefficient (Wildman–Crippen LogP) is 3.29. The second kappa shape index (κ2) is 4.84. The first-order valence-electron chi connectivity index (χ1n) is 5.22. The minimum absolute atomic E-state index is 0.343. The van der Waals surface area contributed by atoms with Crippen molar-refractivity contribution in [2.75, 3.05) is 0 Å². The van der Waals surface area contributed by atoms with Gasteiger partial charge in [0, 0.05) is 0 Å². The van der Waals surface area contributed by atoms with Crippen molar-refractivity contribution >= 4 is 0 Å². The van der Waals surface area contributed by atoms with Crippen molar-refractivity contribution in [1.82, 2.24) is 0 Å². The van der Waals surface area contributed by atoms with E-state index >= 15 is 0 Å². The van der Waals surface area contributed by atoms with Crippen molar-refractivity contribution in [1.29, 1.82) is 5.26 Å². The molecule has 2 nitrogen and oxygen atoms in total. The molecule has 0 spiro atoms. The van der Waals surface area contributed by atoms with Crippen LogP contribution in [0.5, 0.6) is 5.75 Å². The molecule has 1 unspecified atom stereocenters. The summed E-state index contributed by atoms with van der Waals surface area (Å²) < 4.78 is 5.64. The molecular formula is C13H17NO. The highest BCUT2D eigenvalue weighted by Crippen LogP contribution is 2.24. The Morgan fingerprint density at radius 3 is 2.53 bits per heavy atom. The highest BCUT2D eigenvalue weighted by atomic mass is 16.5. The van der Waals surface area contributed by atoms with Crippen molar-refractivity contribution in [2.24, 2.45) is 0 Å². The molecule has 1 rings (SSSR count). The average molecular weight is 203 g/mol. The lowest BCUT2D eigenvalue weighted by molar-refractivity contribution is 0.250. The predicted molar refractivity (Wildman–Crippen MR) is 61.0 cm³/mol. The topological polar surface area (TPSA) is 33.0 Å². The molecule has 0 N–H and O–H groups in total. The third kappa shape index (κ3) is 2.73. The van der Waals surface area contributed by atoms with Crippen molar-refractivity contribution in [3.05, 3.63) is 28.8 Å². The SMILES string of the molecule is CCC(C#N)Oc1cc(C)cc(C)c1C. The van der Waals surface area contributed by atoms with E-state index in [4.69, 9.17) is 10.00 Å².